The molecule has 0 aliphatic heterocycles. The van der Waals surface area contributed by atoms with Crippen molar-refractivity contribution in [2.24, 2.45) is 5.10 Å². The molecule has 3 rings (SSSR count). The van der Waals surface area contributed by atoms with Gasteiger partial charge in [-0.15, -0.1) is 0 Å². The Balaban J connectivity index is 1.74. The molecule has 0 unspecified atom stereocenters. The second kappa shape index (κ2) is 9.39. The molecule has 0 heterocycles. The van der Waals surface area contributed by atoms with Gasteiger partial charge in [-0.2, -0.15) is 18.3 Å². The lowest BCUT2D eigenvalue weighted by Crippen LogP contribution is -2.18. The van der Waals surface area contributed by atoms with E-state index in [2.05, 4.69) is 10.5 Å². The number of hydrogen-bond donors (Lipinski definition) is 1. The van der Waals surface area contributed by atoms with Crippen LogP contribution in [0.1, 0.15) is 16.7 Å². The summed E-state index contributed by atoms with van der Waals surface area (Å²) >= 11 is 5.08. The van der Waals surface area contributed by atoms with Gasteiger partial charge in [0.25, 0.3) is 0 Å². The molecule has 0 saturated carbocycles. The first kappa shape index (κ1) is 22.6. The average Bonchev–Trinajstić information content (AvgIpc) is 2.74. The summed E-state index contributed by atoms with van der Waals surface area (Å²) in [7, 11) is 1.53. The van der Waals surface area contributed by atoms with Crippen molar-refractivity contribution in [2.45, 2.75) is 19.5 Å². The highest BCUT2D eigenvalue weighted by Gasteiger charge is 2.34. The van der Waals surface area contributed by atoms with E-state index < -0.39 is 11.3 Å². The van der Waals surface area contributed by atoms with E-state index in [-0.39, 0.29) is 5.82 Å². The molecule has 162 valence electrons. The first-order valence-corrected chi connectivity index (χ1v) is 9.64. The lowest BCUT2D eigenvalue weighted by Gasteiger charge is -2.11. The van der Waals surface area contributed by atoms with Crippen molar-refractivity contribution < 1.29 is 22.3 Å². The van der Waals surface area contributed by atoms with Crippen LogP contribution in [0.2, 0.25) is 0 Å². The number of alkyl halides is 3. The summed E-state index contributed by atoms with van der Waals surface area (Å²) in [6, 6.07) is 17.1. The molecule has 3 aromatic carbocycles. The van der Waals surface area contributed by atoms with E-state index in [0.29, 0.717) is 23.4 Å². The molecule has 31 heavy (non-hydrogen) atoms. The number of ether oxygens (including phenoxy) is 1. The number of aryl methyl sites for hydroxylation is 1. The Morgan fingerprint density at radius 1 is 1.03 bits per heavy atom. The number of halogens is 5. The van der Waals surface area contributed by atoms with Gasteiger partial charge in [0, 0.05) is 5.56 Å². The molecule has 0 amide bonds. The smallest absolute Gasteiger partial charge is 0.446 e. The van der Waals surface area contributed by atoms with E-state index in [0.717, 1.165) is 22.3 Å². The molecule has 0 atom stereocenters. The van der Waals surface area contributed by atoms with Gasteiger partial charge in [0.1, 0.15) is 11.6 Å². The zero-order valence-electron chi connectivity index (χ0n) is 16.7. The van der Waals surface area contributed by atoms with E-state index >= 15 is 0 Å². The average molecular weight is 451 g/mol. The van der Waals surface area contributed by atoms with Crippen LogP contribution in [0.15, 0.2) is 65.8 Å². The van der Waals surface area contributed by atoms with Crippen molar-refractivity contribution in [3.8, 4) is 16.9 Å². The number of methoxy groups -OCH3 is 1. The Morgan fingerprint density at radius 2 is 1.74 bits per heavy atom. The Labute approximate surface area is 182 Å². The Hall–Kier alpha value is -3.06. The van der Waals surface area contributed by atoms with Gasteiger partial charge in [0.05, 0.1) is 12.8 Å². The van der Waals surface area contributed by atoms with E-state index in [9.17, 15) is 17.6 Å². The lowest BCUT2D eigenvalue weighted by molar-refractivity contribution is -0.0559. The summed E-state index contributed by atoms with van der Waals surface area (Å²) in [5.74, 6) is 0.247. The predicted molar refractivity (Wildman–Crippen MR) is 115 cm³/mol. The fourth-order valence-corrected chi connectivity index (χ4v) is 3.05. The van der Waals surface area contributed by atoms with Crippen LogP contribution in [0.3, 0.4) is 0 Å². The highest BCUT2D eigenvalue weighted by Crippen LogP contribution is 2.29. The summed E-state index contributed by atoms with van der Waals surface area (Å²) < 4.78 is 56.5. The zero-order valence-corrected chi connectivity index (χ0v) is 17.5. The molecule has 8 heteroatoms. The minimum absolute atomic E-state index is 0.329. The van der Waals surface area contributed by atoms with E-state index in [4.69, 9.17) is 16.3 Å². The second-order valence-corrected chi connectivity index (χ2v) is 7.23. The van der Waals surface area contributed by atoms with Gasteiger partial charge < -0.3 is 4.74 Å². The summed E-state index contributed by atoms with van der Waals surface area (Å²) in [6.07, 6.45) is -4.08. The van der Waals surface area contributed by atoms with Crippen LogP contribution in [0.4, 0.5) is 23.2 Å². The summed E-state index contributed by atoms with van der Waals surface area (Å²) in [6.45, 7) is 1.95. The van der Waals surface area contributed by atoms with Gasteiger partial charge in [-0.1, -0.05) is 41.9 Å². The minimum atomic E-state index is -4.69. The van der Waals surface area contributed by atoms with Gasteiger partial charge in [-0.3, -0.25) is 5.43 Å². The summed E-state index contributed by atoms with van der Waals surface area (Å²) in [5.41, 5.74) is 6.87. The van der Waals surface area contributed by atoms with Gasteiger partial charge in [0.2, 0.25) is 5.17 Å². The molecule has 0 saturated heterocycles. The van der Waals surface area contributed by atoms with Gasteiger partial charge in [-0.25, -0.2) is 4.39 Å². The Kier molecular flexibility index (Phi) is 6.85. The quantitative estimate of drug-likeness (QED) is 0.251. The van der Waals surface area contributed by atoms with Crippen molar-refractivity contribution in [3.63, 3.8) is 0 Å². The van der Waals surface area contributed by atoms with Gasteiger partial charge in [0.15, 0.2) is 0 Å². The molecule has 0 spiro atoms. The third kappa shape index (κ3) is 5.76. The van der Waals surface area contributed by atoms with Crippen molar-refractivity contribution >= 4 is 22.5 Å². The highest BCUT2D eigenvalue weighted by molar-refractivity contribution is 6.66. The van der Waals surface area contributed by atoms with Crippen LogP contribution in [-0.2, 0) is 6.42 Å². The third-order valence-electron chi connectivity index (χ3n) is 4.69. The molecule has 3 aromatic rings. The maximum absolute atomic E-state index is 14.2. The number of nitrogens with one attached hydrogen (secondary N) is 1. The number of hydrogen-bond acceptors (Lipinski definition) is 3. The maximum Gasteiger partial charge on any atom is 0.446 e. The molecular formula is C23H19ClF4N2O. The molecule has 0 bridgehead atoms. The predicted octanol–water partition coefficient (Wildman–Crippen LogP) is 6.93. The number of nitrogens with zero attached hydrogens (tertiary/aromatic N) is 1. The van der Waals surface area contributed by atoms with Crippen molar-refractivity contribution in [1.82, 2.24) is 0 Å². The molecule has 1 N–H and O–H groups in total. The van der Waals surface area contributed by atoms with Crippen LogP contribution >= 0.6 is 11.6 Å². The van der Waals surface area contributed by atoms with Crippen LogP contribution < -0.4 is 10.2 Å². The lowest BCUT2D eigenvalue weighted by atomic mass is 9.95. The molecular weight excluding hydrogens is 432 g/mol. The highest BCUT2D eigenvalue weighted by atomic mass is 35.5. The molecule has 0 aliphatic rings. The fraction of sp³-hybridized carbons (Fsp3) is 0.174. The molecule has 0 aromatic heterocycles. The van der Waals surface area contributed by atoms with Crippen LogP contribution in [0.5, 0.6) is 5.75 Å². The normalized spacial score (nSPS) is 12.0. The van der Waals surface area contributed by atoms with Crippen molar-refractivity contribution in [2.75, 3.05) is 12.5 Å². The first-order chi connectivity index (χ1) is 14.7. The SMILES string of the molecule is COc1ccc(F)c(-c2ccc(Cc3ccc(NN=C(Cl)C(F)(F)F)cc3)c(C)c2)c1. The van der Waals surface area contributed by atoms with E-state index in [1.165, 1.54) is 13.2 Å². The fourth-order valence-electron chi connectivity index (χ4n) is 3.01. The number of rotatable bonds is 6. The first-order valence-electron chi connectivity index (χ1n) is 9.26. The zero-order chi connectivity index (χ0) is 22.6. The molecule has 3 nitrogen and oxygen atoms in total. The topological polar surface area (TPSA) is 33.6 Å². The molecule has 0 aliphatic carbocycles. The van der Waals surface area contributed by atoms with E-state index in [1.807, 2.05) is 25.1 Å². The van der Waals surface area contributed by atoms with Crippen molar-refractivity contribution in [3.05, 3.63) is 83.2 Å². The monoisotopic (exact) mass is 450 g/mol. The van der Waals surface area contributed by atoms with Gasteiger partial charge >= 0.3 is 6.18 Å². The number of anilines is 1. The maximum atomic E-state index is 14.2. The number of hydrazone groups is 1. The number of benzene rings is 3. The van der Waals surface area contributed by atoms with Crippen molar-refractivity contribution in [1.29, 1.82) is 0 Å². The van der Waals surface area contributed by atoms with E-state index in [1.54, 1.807) is 36.4 Å². The second-order valence-electron chi connectivity index (χ2n) is 6.87. The third-order valence-corrected chi connectivity index (χ3v) is 4.99. The Morgan fingerprint density at radius 3 is 2.35 bits per heavy atom. The molecule has 0 radical (unpaired) electrons. The standard InChI is InChI=1S/C23H19ClF4N2O/c1-14-11-17(20-13-19(31-2)9-10-21(20)25)6-5-16(14)12-15-3-7-18(8-4-15)29-30-22(24)23(26,27)28/h3-11,13,29H,12H2,1-2H3. The van der Waals surface area contributed by atoms with Gasteiger partial charge in [-0.05, 0) is 65.9 Å². The molecule has 0 fully saturated rings. The summed E-state index contributed by atoms with van der Waals surface area (Å²) in [4.78, 5) is 0. The minimum Gasteiger partial charge on any atom is -0.497 e. The van der Waals surface area contributed by atoms with Crippen LogP contribution in [0.25, 0.3) is 11.1 Å². The largest absolute Gasteiger partial charge is 0.497 e. The van der Waals surface area contributed by atoms with Crippen LogP contribution in [0, 0.1) is 12.7 Å². The Bertz CT molecular complexity index is 1100. The summed E-state index contributed by atoms with van der Waals surface area (Å²) in [5, 5.41) is 1.65. The van der Waals surface area contributed by atoms with Crippen LogP contribution in [-0.4, -0.2) is 18.5 Å².